The molecule has 0 spiro atoms. The number of hydrogen-bond donors (Lipinski definition) is 1. The average molecular weight is 279 g/mol. The van der Waals surface area contributed by atoms with E-state index in [0.29, 0.717) is 5.37 Å². The standard InChI is InChI=1S/C16H22FNS/c1-11-2-4-12(5-3-11)6-9-16-18-14-8-7-13(17)10-15(14)19-16/h7-8,10-12,16,18H,2-6,9H2,1H3. The van der Waals surface area contributed by atoms with Crippen molar-refractivity contribution in [1.82, 2.24) is 0 Å². The molecule has 1 fully saturated rings. The fraction of sp³-hybridized carbons (Fsp3) is 0.625. The third kappa shape index (κ3) is 3.25. The minimum atomic E-state index is -0.130. The molecule has 1 N–H and O–H groups in total. The van der Waals surface area contributed by atoms with Gasteiger partial charge in [0.15, 0.2) is 0 Å². The number of hydrogen-bond acceptors (Lipinski definition) is 2. The molecule has 1 aliphatic heterocycles. The molecule has 1 saturated carbocycles. The molecule has 1 unspecified atom stereocenters. The van der Waals surface area contributed by atoms with Crippen LogP contribution in [0.5, 0.6) is 0 Å². The Balaban J connectivity index is 1.48. The van der Waals surface area contributed by atoms with Crippen LogP contribution in [0.15, 0.2) is 23.1 Å². The Morgan fingerprint density at radius 3 is 2.79 bits per heavy atom. The second-order valence-corrected chi connectivity index (χ2v) is 7.34. The van der Waals surface area contributed by atoms with Crippen LogP contribution >= 0.6 is 11.8 Å². The second-order valence-electron chi connectivity index (χ2n) is 6.09. The Hall–Kier alpha value is -0.700. The highest BCUT2D eigenvalue weighted by Crippen LogP contribution is 2.41. The highest BCUT2D eigenvalue weighted by molar-refractivity contribution is 8.00. The van der Waals surface area contributed by atoms with E-state index in [0.717, 1.165) is 22.4 Å². The number of halogens is 1. The van der Waals surface area contributed by atoms with Gasteiger partial charge in [-0.15, -0.1) is 0 Å². The SMILES string of the molecule is CC1CCC(CCC2Nc3ccc(F)cc3S2)CC1. The summed E-state index contributed by atoms with van der Waals surface area (Å²) in [6.07, 6.45) is 8.12. The van der Waals surface area contributed by atoms with Crippen molar-refractivity contribution in [1.29, 1.82) is 0 Å². The summed E-state index contributed by atoms with van der Waals surface area (Å²) in [5, 5.41) is 3.95. The first-order chi connectivity index (χ1) is 9.20. The van der Waals surface area contributed by atoms with Gasteiger partial charge in [-0.3, -0.25) is 0 Å². The maximum atomic E-state index is 13.2. The molecule has 0 bridgehead atoms. The van der Waals surface area contributed by atoms with Crippen LogP contribution in [0, 0.1) is 17.7 Å². The lowest BCUT2D eigenvalue weighted by Gasteiger charge is -2.26. The predicted octanol–water partition coefficient (Wildman–Crippen LogP) is 5.28. The van der Waals surface area contributed by atoms with E-state index < -0.39 is 0 Å². The van der Waals surface area contributed by atoms with Crippen LogP contribution in [0.25, 0.3) is 0 Å². The number of rotatable bonds is 3. The smallest absolute Gasteiger partial charge is 0.124 e. The van der Waals surface area contributed by atoms with Crippen molar-refractivity contribution in [3.63, 3.8) is 0 Å². The highest BCUT2D eigenvalue weighted by Gasteiger charge is 2.24. The fourth-order valence-electron chi connectivity index (χ4n) is 3.21. The monoisotopic (exact) mass is 279 g/mol. The molecule has 0 amide bonds. The summed E-state index contributed by atoms with van der Waals surface area (Å²) in [6, 6.07) is 5.05. The van der Waals surface area contributed by atoms with Crippen LogP contribution in [-0.2, 0) is 0 Å². The lowest BCUT2D eigenvalue weighted by Crippen LogP contribution is -2.16. The second kappa shape index (κ2) is 5.74. The van der Waals surface area contributed by atoms with Crippen LogP contribution in [0.4, 0.5) is 10.1 Å². The van der Waals surface area contributed by atoms with Crippen LogP contribution in [0.3, 0.4) is 0 Å². The van der Waals surface area contributed by atoms with Gasteiger partial charge in [0.05, 0.1) is 5.37 Å². The van der Waals surface area contributed by atoms with Crippen LogP contribution in [0.2, 0.25) is 0 Å². The first-order valence-electron chi connectivity index (χ1n) is 7.43. The summed E-state index contributed by atoms with van der Waals surface area (Å²) < 4.78 is 13.2. The molecular weight excluding hydrogens is 257 g/mol. The fourth-order valence-corrected chi connectivity index (χ4v) is 4.39. The quantitative estimate of drug-likeness (QED) is 0.808. The van der Waals surface area contributed by atoms with E-state index in [1.54, 1.807) is 17.8 Å². The molecule has 1 aliphatic carbocycles. The van der Waals surface area contributed by atoms with E-state index in [-0.39, 0.29) is 5.82 Å². The molecule has 1 atom stereocenters. The van der Waals surface area contributed by atoms with Gasteiger partial charge in [-0.1, -0.05) is 44.4 Å². The summed E-state index contributed by atoms with van der Waals surface area (Å²) in [4.78, 5) is 1.07. The van der Waals surface area contributed by atoms with Gasteiger partial charge in [0.25, 0.3) is 0 Å². The number of nitrogens with one attached hydrogen (secondary N) is 1. The van der Waals surface area contributed by atoms with Crippen molar-refractivity contribution in [2.45, 2.75) is 55.7 Å². The van der Waals surface area contributed by atoms with Gasteiger partial charge in [0.1, 0.15) is 5.82 Å². The predicted molar refractivity (Wildman–Crippen MR) is 80.0 cm³/mol. The minimum absolute atomic E-state index is 0.130. The Morgan fingerprint density at radius 1 is 1.21 bits per heavy atom. The Bertz CT molecular complexity index is 440. The molecule has 1 nitrogen and oxygen atoms in total. The van der Waals surface area contributed by atoms with Gasteiger partial charge >= 0.3 is 0 Å². The van der Waals surface area contributed by atoms with Crippen molar-refractivity contribution >= 4 is 17.4 Å². The lowest BCUT2D eigenvalue weighted by atomic mass is 9.81. The van der Waals surface area contributed by atoms with Crippen molar-refractivity contribution in [2.75, 3.05) is 5.32 Å². The summed E-state index contributed by atoms with van der Waals surface area (Å²) in [5.41, 5.74) is 1.11. The summed E-state index contributed by atoms with van der Waals surface area (Å²) in [5.74, 6) is 1.72. The number of benzene rings is 1. The zero-order valence-electron chi connectivity index (χ0n) is 11.5. The van der Waals surface area contributed by atoms with Gasteiger partial charge in [0, 0.05) is 10.6 Å². The molecule has 0 saturated heterocycles. The largest absolute Gasteiger partial charge is 0.372 e. The Morgan fingerprint density at radius 2 is 2.00 bits per heavy atom. The minimum Gasteiger partial charge on any atom is -0.372 e. The van der Waals surface area contributed by atoms with Gasteiger partial charge in [-0.25, -0.2) is 4.39 Å². The maximum absolute atomic E-state index is 13.2. The molecule has 1 aromatic carbocycles. The van der Waals surface area contributed by atoms with Crippen molar-refractivity contribution in [2.24, 2.45) is 11.8 Å². The third-order valence-electron chi connectivity index (χ3n) is 4.50. The van der Waals surface area contributed by atoms with Crippen molar-refractivity contribution in [3.05, 3.63) is 24.0 Å². The molecule has 0 aromatic heterocycles. The summed E-state index contributed by atoms with van der Waals surface area (Å²) >= 11 is 1.79. The van der Waals surface area contributed by atoms with E-state index in [4.69, 9.17) is 0 Å². The van der Waals surface area contributed by atoms with E-state index in [2.05, 4.69) is 12.2 Å². The van der Waals surface area contributed by atoms with Gasteiger partial charge in [-0.05, 0) is 42.9 Å². The normalized spacial score (nSPS) is 29.9. The van der Waals surface area contributed by atoms with Crippen LogP contribution in [0.1, 0.15) is 45.4 Å². The zero-order chi connectivity index (χ0) is 13.2. The van der Waals surface area contributed by atoms with E-state index in [1.807, 2.05) is 6.07 Å². The molecule has 3 rings (SSSR count). The molecule has 0 radical (unpaired) electrons. The molecule has 3 heteroatoms. The highest BCUT2D eigenvalue weighted by atomic mass is 32.2. The van der Waals surface area contributed by atoms with Gasteiger partial charge in [-0.2, -0.15) is 0 Å². The third-order valence-corrected chi connectivity index (χ3v) is 5.73. The maximum Gasteiger partial charge on any atom is 0.124 e. The molecule has 2 aliphatic rings. The van der Waals surface area contributed by atoms with E-state index in [9.17, 15) is 4.39 Å². The van der Waals surface area contributed by atoms with Crippen LogP contribution in [-0.4, -0.2) is 5.37 Å². The van der Waals surface area contributed by atoms with Crippen molar-refractivity contribution < 1.29 is 4.39 Å². The van der Waals surface area contributed by atoms with Gasteiger partial charge in [0.2, 0.25) is 0 Å². The van der Waals surface area contributed by atoms with E-state index >= 15 is 0 Å². The Kier molecular flexibility index (Phi) is 4.01. The first kappa shape index (κ1) is 13.3. The lowest BCUT2D eigenvalue weighted by molar-refractivity contribution is 0.274. The molecular formula is C16H22FNS. The zero-order valence-corrected chi connectivity index (χ0v) is 12.3. The van der Waals surface area contributed by atoms with Crippen molar-refractivity contribution in [3.8, 4) is 0 Å². The summed E-state index contributed by atoms with van der Waals surface area (Å²) in [7, 11) is 0. The molecule has 1 aromatic rings. The number of anilines is 1. The Labute approximate surface area is 119 Å². The first-order valence-corrected chi connectivity index (χ1v) is 8.31. The number of fused-ring (bicyclic) bond motifs is 1. The van der Waals surface area contributed by atoms with E-state index in [1.165, 1.54) is 44.6 Å². The molecule has 19 heavy (non-hydrogen) atoms. The summed E-state index contributed by atoms with van der Waals surface area (Å²) in [6.45, 7) is 2.37. The van der Waals surface area contributed by atoms with Gasteiger partial charge < -0.3 is 5.32 Å². The molecule has 104 valence electrons. The average Bonchev–Trinajstić information content (AvgIpc) is 2.80. The number of thioether (sulfide) groups is 1. The molecule has 1 heterocycles. The topological polar surface area (TPSA) is 12.0 Å². The van der Waals surface area contributed by atoms with Crippen LogP contribution < -0.4 is 5.32 Å².